The molecule has 0 radical (unpaired) electrons. The maximum atomic E-state index is 4.73. The van der Waals surface area contributed by atoms with Crippen molar-refractivity contribution < 1.29 is 4.74 Å². The number of hydrogen-bond donors (Lipinski definition) is 0. The van der Waals surface area contributed by atoms with Crippen LogP contribution in [0.5, 0.6) is 0 Å². The van der Waals surface area contributed by atoms with E-state index in [0.29, 0.717) is 6.61 Å². The monoisotopic (exact) mass is 207 g/mol. The van der Waals surface area contributed by atoms with E-state index in [1.54, 1.807) is 12.2 Å². The average Bonchev–Trinajstić information content (AvgIpc) is 3.12. The van der Waals surface area contributed by atoms with Gasteiger partial charge in [0.2, 0.25) is 0 Å². The second kappa shape index (κ2) is 6.95. The van der Waals surface area contributed by atoms with Crippen molar-refractivity contribution in [1.29, 1.82) is 0 Å². The maximum absolute atomic E-state index is 4.73. The van der Waals surface area contributed by atoms with Crippen molar-refractivity contribution in [2.45, 2.75) is 13.3 Å². The smallest absolute Gasteiger partial charge is 0.0877 e. The van der Waals surface area contributed by atoms with Crippen LogP contribution in [0, 0.1) is 0 Å². The molecule has 0 spiro atoms. The van der Waals surface area contributed by atoms with Gasteiger partial charge in [0.25, 0.3) is 0 Å². The lowest BCUT2D eigenvalue weighted by atomic mass is 10.2. The Balaban J connectivity index is 0.000000151. The molecule has 0 N–H and O–H groups in total. The summed E-state index contributed by atoms with van der Waals surface area (Å²) in [5, 5.41) is 8.62. The predicted octanol–water partition coefficient (Wildman–Crippen LogP) is 2.48. The van der Waals surface area contributed by atoms with Gasteiger partial charge in [0.15, 0.2) is 0 Å². The standard InChI is InChI=1S/C8H10.C3H7N3O/c1-2-8-6-4-3-5-7-8;1-7-3-2-6-4-5-6/h3-7H,2H2,1H3;2-3H2,1H3. The lowest BCUT2D eigenvalue weighted by molar-refractivity contribution is 0.179. The van der Waals surface area contributed by atoms with Gasteiger partial charge in [-0.1, -0.05) is 37.3 Å². The van der Waals surface area contributed by atoms with Gasteiger partial charge >= 0.3 is 0 Å². The summed E-state index contributed by atoms with van der Waals surface area (Å²) in [5.41, 5.74) is 1.41. The number of aryl methyl sites for hydroxylation is 1. The van der Waals surface area contributed by atoms with Crippen LogP contribution in [-0.2, 0) is 11.2 Å². The molecule has 15 heavy (non-hydrogen) atoms. The van der Waals surface area contributed by atoms with Gasteiger partial charge in [0.05, 0.1) is 13.2 Å². The fourth-order valence-corrected chi connectivity index (χ4v) is 1.00. The zero-order chi connectivity index (χ0) is 10.9. The fourth-order valence-electron chi connectivity index (χ4n) is 1.00. The highest BCUT2D eigenvalue weighted by atomic mass is 16.5. The molecule has 1 aromatic rings. The Morgan fingerprint density at radius 2 is 1.87 bits per heavy atom. The molecule has 0 aromatic heterocycles. The summed E-state index contributed by atoms with van der Waals surface area (Å²) >= 11 is 0. The Hall–Kier alpha value is -1.42. The molecule has 0 saturated carbocycles. The Kier molecular flexibility index (Phi) is 5.40. The first kappa shape index (κ1) is 11.7. The summed E-state index contributed by atoms with van der Waals surface area (Å²) in [5.74, 6) is 0. The maximum Gasteiger partial charge on any atom is 0.0877 e. The summed E-state index contributed by atoms with van der Waals surface area (Å²) in [4.78, 5) is 0. The van der Waals surface area contributed by atoms with E-state index in [1.807, 2.05) is 6.07 Å². The van der Waals surface area contributed by atoms with Gasteiger partial charge in [-0.05, 0) is 22.4 Å². The zero-order valence-corrected chi connectivity index (χ0v) is 9.26. The number of methoxy groups -OCH3 is 1. The normalized spacial score (nSPS) is 12.0. The van der Waals surface area contributed by atoms with Crippen LogP contribution in [-0.4, -0.2) is 25.4 Å². The molecule has 2 rings (SSSR count). The molecular weight excluding hydrogens is 190 g/mol. The molecule has 1 aromatic carbocycles. The van der Waals surface area contributed by atoms with E-state index in [2.05, 4.69) is 41.6 Å². The van der Waals surface area contributed by atoms with Gasteiger partial charge < -0.3 is 4.74 Å². The second-order valence-electron chi connectivity index (χ2n) is 3.11. The van der Waals surface area contributed by atoms with Crippen LogP contribution < -0.4 is 0 Å². The Bertz CT molecular complexity index is 281. The largest absolute Gasteiger partial charge is 0.383 e. The molecule has 0 atom stereocenters. The van der Waals surface area contributed by atoms with Gasteiger partial charge in [0, 0.05) is 7.11 Å². The third kappa shape index (κ3) is 5.80. The third-order valence-electron chi connectivity index (χ3n) is 1.96. The summed E-state index contributed by atoms with van der Waals surface area (Å²) in [6, 6.07) is 10.5. The van der Waals surface area contributed by atoms with Crippen molar-refractivity contribution in [3.8, 4) is 0 Å². The highest BCUT2D eigenvalue weighted by Crippen LogP contribution is 2.04. The first-order valence-corrected chi connectivity index (χ1v) is 5.08. The number of hydrogen-bond acceptors (Lipinski definition) is 4. The van der Waals surface area contributed by atoms with Crippen LogP contribution in [0.1, 0.15) is 12.5 Å². The fraction of sp³-hybridized carbons (Fsp3) is 0.455. The first-order valence-electron chi connectivity index (χ1n) is 5.08. The minimum Gasteiger partial charge on any atom is -0.383 e. The Morgan fingerprint density at radius 3 is 2.27 bits per heavy atom. The summed E-state index contributed by atoms with van der Waals surface area (Å²) in [6.45, 7) is 3.65. The SMILES string of the molecule is CCc1ccccc1.COCCN1N=N1. The molecule has 1 heterocycles. The molecular formula is C11H17N3O. The molecule has 0 aliphatic carbocycles. The zero-order valence-electron chi connectivity index (χ0n) is 9.26. The number of rotatable bonds is 4. The molecule has 0 bridgehead atoms. The Morgan fingerprint density at radius 1 is 1.20 bits per heavy atom. The first-order chi connectivity index (χ1) is 7.36. The van der Waals surface area contributed by atoms with Gasteiger partial charge in [-0.25, -0.2) is 0 Å². The van der Waals surface area contributed by atoms with E-state index in [-0.39, 0.29) is 0 Å². The number of nitrogens with zero attached hydrogens (tertiary/aromatic N) is 3. The minimum atomic E-state index is 0.701. The molecule has 82 valence electrons. The van der Waals surface area contributed by atoms with E-state index in [4.69, 9.17) is 4.74 Å². The summed E-state index contributed by atoms with van der Waals surface area (Å²) < 4.78 is 4.73. The van der Waals surface area contributed by atoms with E-state index >= 15 is 0 Å². The van der Waals surface area contributed by atoms with E-state index in [0.717, 1.165) is 13.0 Å². The molecule has 1 aliphatic rings. The van der Waals surface area contributed by atoms with Gasteiger partial charge in [-0.15, -0.1) is 5.12 Å². The third-order valence-corrected chi connectivity index (χ3v) is 1.96. The van der Waals surface area contributed by atoms with Crippen molar-refractivity contribution in [3.63, 3.8) is 0 Å². The van der Waals surface area contributed by atoms with E-state index in [9.17, 15) is 0 Å². The predicted molar refractivity (Wildman–Crippen MR) is 59.3 cm³/mol. The molecule has 4 nitrogen and oxygen atoms in total. The molecule has 1 aliphatic heterocycles. The highest BCUT2D eigenvalue weighted by Gasteiger charge is 2.07. The quantitative estimate of drug-likeness (QED) is 0.760. The van der Waals surface area contributed by atoms with Crippen LogP contribution in [0.4, 0.5) is 0 Å². The average molecular weight is 207 g/mol. The van der Waals surface area contributed by atoms with Crippen LogP contribution in [0.3, 0.4) is 0 Å². The van der Waals surface area contributed by atoms with Crippen LogP contribution in [0.25, 0.3) is 0 Å². The molecule has 0 amide bonds. The number of ether oxygens (including phenoxy) is 1. The molecule has 0 fully saturated rings. The van der Waals surface area contributed by atoms with Crippen molar-refractivity contribution in [2.75, 3.05) is 20.3 Å². The topological polar surface area (TPSA) is 37.0 Å². The molecule has 0 unspecified atom stereocenters. The van der Waals surface area contributed by atoms with Crippen molar-refractivity contribution in [2.24, 2.45) is 10.4 Å². The van der Waals surface area contributed by atoms with Crippen molar-refractivity contribution in [3.05, 3.63) is 35.9 Å². The van der Waals surface area contributed by atoms with E-state index < -0.39 is 0 Å². The lowest BCUT2D eigenvalue weighted by Gasteiger charge is -1.91. The van der Waals surface area contributed by atoms with Crippen molar-refractivity contribution in [1.82, 2.24) is 5.12 Å². The van der Waals surface area contributed by atoms with Gasteiger partial charge in [-0.2, -0.15) is 0 Å². The van der Waals surface area contributed by atoms with Gasteiger partial charge in [-0.3, -0.25) is 0 Å². The molecule has 4 heteroatoms. The lowest BCUT2D eigenvalue weighted by Crippen LogP contribution is -2.04. The summed E-state index contributed by atoms with van der Waals surface area (Å²) in [6.07, 6.45) is 1.14. The minimum absolute atomic E-state index is 0.701. The van der Waals surface area contributed by atoms with Crippen LogP contribution in [0.2, 0.25) is 0 Å². The van der Waals surface area contributed by atoms with Gasteiger partial charge in [0.1, 0.15) is 0 Å². The van der Waals surface area contributed by atoms with Crippen LogP contribution >= 0.6 is 0 Å². The van der Waals surface area contributed by atoms with E-state index in [1.165, 1.54) is 5.56 Å². The number of benzene rings is 1. The highest BCUT2D eigenvalue weighted by molar-refractivity contribution is 5.13. The van der Waals surface area contributed by atoms with Crippen LogP contribution in [0.15, 0.2) is 40.8 Å². The van der Waals surface area contributed by atoms with Crippen molar-refractivity contribution >= 4 is 0 Å². The Labute approximate surface area is 90.5 Å². The second-order valence-corrected chi connectivity index (χ2v) is 3.11. The summed E-state index contributed by atoms with van der Waals surface area (Å²) in [7, 11) is 1.66. The molecule has 0 saturated heterocycles.